The van der Waals surface area contributed by atoms with Crippen LogP contribution in [0.1, 0.15) is 60.8 Å². The van der Waals surface area contributed by atoms with Gasteiger partial charge in [-0.1, -0.05) is 25.5 Å². The Labute approximate surface area is 117 Å². The van der Waals surface area contributed by atoms with Gasteiger partial charge in [0.05, 0.1) is 12.7 Å². The molecule has 0 unspecified atom stereocenters. The molecule has 0 bridgehead atoms. The van der Waals surface area contributed by atoms with E-state index in [0.717, 1.165) is 12.8 Å². The third-order valence-electron chi connectivity index (χ3n) is 3.70. The lowest BCUT2D eigenvalue weighted by atomic mass is 9.78. The Morgan fingerprint density at radius 3 is 2.53 bits per heavy atom. The Kier molecular flexibility index (Phi) is 5.34. The topological polar surface area (TPSA) is 35.5 Å². The van der Waals surface area contributed by atoms with Crippen molar-refractivity contribution in [3.05, 3.63) is 11.6 Å². The van der Waals surface area contributed by atoms with Crippen molar-refractivity contribution in [2.24, 2.45) is 5.41 Å². The number of allylic oxidation sites excluding steroid dienone is 2. The fraction of sp³-hybridized carbons (Fsp3) is 0.812. The highest BCUT2D eigenvalue weighted by Crippen LogP contribution is 2.35. The number of hydrogen-bond donors (Lipinski definition) is 0. The molecule has 3 heteroatoms. The summed E-state index contributed by atoms with van der Waals surface area (Å²) in [5.41, 5.74) is 0.811. The maximum atomic E-state index is 12.4. The van der Waals surface area contributed by atoms with E-state index < -0.39 is 11.2 Å². The molecule has 1 aliphatic rings. The molecule has 1 aliphatic heterocycles. The lowest BCUT2D eigenvalue weighted by Gasteiger charge is -2.42. The lowest BCUT2D eigenvalue weighted by molar-refractivity contribution is -0.288. The molecule has 0 aliphatic carbocycles. The minimum atomic E-state index is -0.583. The Bertz CT molecular complexity index is 349. The first-order chi connectivity index (χ1) is 8.65. The molecule has 3 nitrogen and oxygen atoms in total. The normalized spacial score (nSPS) is 22.9. The van der Waals surface area contributed by atoms with E-state index in [1.165, 1.54) is 5.57 Å². The number of ketones is 1. The van der Waals surface area contributed by atoms with E-state index >= 15 is 0 Å². The minimum Gasteiger partial charge on any atom is -0.350 e. The van der Waals surface area contributed by atoms with Crippen LogP contribution >= 0.6 is 0 Å². The van der Waals surface area contributed by atoms with Crippen LogP contribution in [-0.2, 0) is 14.3 Å². The largest absolute Gasteiger partial charge is 0.350 e. The van der Waals surface area contributed by atoms with Crippen molar-refractivity contribution in [1.82, 2.24) is 0 Å². The van der Waals surface area contributed by atoms with E-state index in [-0.39, 0.29) is 11.9 Å². The highest BCUT2D eigenvalue weighted by Gasteiger charge is 2.42. The van der Waals surface area contributed by atoms with Crippen LogP contribution in [0.2, 0.25) is 0 Å². The molecule has 1 saturated heterocycles. The average Bonchev–Trinajstić information content (AvgIpc) is 2.26. The second-order valence-corrected chi connectivity index (χ2v) is 6.61. The molecule has 0 aromatic carbocycles. The Balaban J connectivity index is 2.63. The highest BCUT2D eigenvalue weighted by molar-refractivity contribution is 5.84. The molecular formula is C16H28O3. The quantitative estimate of drug-likeness (QED) is 0.710. The van der Waals surface area contributed by atoms with Crippen molar-refractivity contribution < 1.29 is 14.3 Å². The zero-order valence-electron chi connectivity index (χ0n) is 13.2. The molecule has 0 aromatic heterocycles. The Morgan fingerprint density at radius 2 is 2.00 bits per heavy atom. The van der Waals surface area contributed by atoms with Crippen molar-refractivity contribution in [2.75, 3.05) is 6.61 Å². The van der Waals surface area contributed by atoms with Crippen molar-refractivity contribution in [1.29, 1.82) is 0 Å². The zero-order chi connectivity index (χ0) is 14.7. The summed E-state index contributed by atoms with van der Waals surface area (Å²) in [6, 6.07) is 0. The summed E-state index contributed by atoms with van der Waals surface area (Å²) >= 11 is 0. The van der Waals surface area contributed by atoms with Gasteiger partial charge in [0.2, 0.25) is 0 Å². The van der Waals surface area contributed by atoms with E-state index in [0.29, 0.717) is 13.0 Å². The molecule has 0 aromatic rings. The highest BCUT2D eigenvalue weighted by atomic mass is 16.7. The Morgan fingerprint density at radius 1 is 1.37 bits per heavy atom. The second-order valence-electron chi connectivity index (χ2n) is 6.61. The number of carbonyl (C=O) groups is 1. The summed E-state index contributed by atoms with van der Waals surface area (Å²) in [6.07, 6.45) is 4.24. The van der Waals surface area contributed by atoms with Crippen LogP contribution in [0.15, 0.2) is 11.6 Å². The molecule has 1 atom stereocenters. The minimum absolute atomic E-state index is 0.0598. The molecule has 0 N–H and O–H groups in total. The van der Waals surface area contributed by atoms with Gasteiger partial charge in [-0.2, -0.15) is 0 Å². The second kappa shape index (κ2) is 6.19. The molecular weight excluding hydrogens is 240 g/mol. The standard InChI is InChI=1S/C16H28O3/c1-12(2)8-7-9-13(17)15(3,4)14-10-11-18-16(5,6)19-14/h8,14H,7,9-11H2,1-6H3/t14-/m0/s1. The zero-order valence-corrected chi connectivity index (χ0v) is 13.2. The van der Waals surface area contributed by atoms with E-state index in [9.17, 15) is 4.79 Å². The van der Waals surface area contributed by atoms with Crippen molar-refractivity contribution in [3.63, 3.8) is 0 Å². The fourth-order valence-corrected chi connectivity index (χ4v) is 2.35. The molecule has 1 fully saturated rings. The maximum Gasteiger partial charge on any atom is 0.163 e. The number of ether oxygens (including phenoxy) is 2. The summed E-state index contributed by atoms with van der Waals surface area (Å²) in [4.78, 5) is 12.4. The van der Waals surface area contributed by atoms with Crippen LogP contribution in [0.25, 0.3) is 0 Å². The van der Waals surface area contributed by atoms with Gasteiger partial charge in [0.25, 0.3) is 0 Å². The predicted molar refractivity (Wildman–Crippen MR) is 77.0 cm³/mol. The van der Waals surface area contributed by atoms with Gasteiger partial charge in [-0.15, -0.1) is 0 Å². The van der Waals surface area contributed by atoms with Crippen molar-refractivity contribution >= 4 is 5.78 Å². The Hall–Kier alpha value is -0.670. The molecule has 19 heavy (non-hydrogen) atoms. The molecule has 0 saturated carbocycles. The van der Waals surface area contributed by atoms with E-state index in [1.807, 2.05) is 27.7 Å². The molecule has 110 valence electrons. The van der Waals surface area contributed by atoms with Gasteiger partial charge in [0.15, 0.2) is 5.79 Å². The molecule has 1 heterocycles. The van der Waals surface area contributed by atoms with Gasteiger partial charge >= 0.3 is 0 Å². The summed E-state index contributed by atoms with van der Waals surface area (Å²) in [6.45, 7) is 12.6. The lowest BCUT2D eigenvalue weighted by Crippen LogP contribution is -2.49. The third-order valence-corrected chi connectivity index (χ3v) is 3.70. The summed E-state index contributed by atoms with van der Waals surface area (Å²) in [5.74, 6) is -0.312. The number of rotatable bonds is 5. The summed E-state index contributed by atoms with van der Waals surface area (Å²) < 4.78 is 11.5. The molecule has 0 spiro atoms. The predicted octanol–water partition coefficient (Wildman–Crippen LogP) is 3.87. The fourth-order valence-electron chi connectivity index (χ4n) is 2.35. The molecule has 1 rings (SSSR count). The number of hydrogen-bond acceptors (Lipinski definition) is 3. The van der Waals surface area contributed by atoms with Crippen LogP contribution < -0.4 is 0 Å². The smallest absolute Gasteiger partial charge is 0.163 e. The van der Waals surface area contributed by atoms with Gasteiger partial charge in [-0.05, 0) is 40.5 Å². The first kappa shape index (κ1) is 16.4. The maximum absolute atomic E-state index is 12.4. The van der Waals surface area contributed by atoms with E-state index in [1.54, 1.807) is 0 Å². The summed E-state index contributed by atoms with van der Waals surface area (Å²) in [5, 5.41) is 0. The van der Waals surface area contributed by atoms with Crippen LogP contribution in [0.3, 0.4) is 0 Å². The van der Waals surface area contributed by atoms with Crippen molar-refractivity contribution in [2.45, 2.75) is 72.7 Å². The van der Waals surface area contributed by atoms with Gasteiger partial charge in [-0.3, -0.25) is 4.79 Å². The van der Waals surface area contributed by atoms with Crippen LogP contribution in [-0.4, -0.2) is 24.3 Å². The molecule has 0 amide bonds. The van der Waals surface area contributed by atoms with Gasteiger partial charge in [0.1, 0.15) is 5.78 Å². The number of Topliss-reactive ketones (excluding diaryl/α,β-unsaturated/α-hetero) is 1. The van der Waals surface area contributed by atoms with E-state index in [2.05, 4.69) is 19.9 Å². The van der Waals surface area contributed by atoms with Crippen LogP contribution in [0.5, 0.6) is 0 Å². The van der Waals surface area contributed by atoms with Crippen LogP contribution in [0.4, 0.5) is 0 Å². The number of carbonyl (C=O) groups excluding carboxylic acids is 1. The van der Waals surface area contributed by atoms with Gasteiger partial charge in [0, 0.05) is 11.8 Å². The van der Waals surface area contributed by atoms with Crippen LogP contribution in [0, 0.1) is 5.41 Å². The SMILES string of the molecule is CC(C)=CCCC(=O)C(C)(C)[C@@H]1CCOC(C)(C)O1. The monoisotopic (exact) mass is 268 g/mol. The van der Waals surface area contributed by atoms with E-state index in [4.69, 9.17) is 9.47 Å². The average molecular weight is 268 g/mol. The first-order valence-electron chi connectivity index (χ1n) is 7.13. The first-order valence-corrected chi connectivity index (χ1v) is 7.13. The van der Waals surface area contributed by atoms with Gasteiger partial charge < -0.3 is 9.47 Å². The third kappa shape index (κ3) is 4.73. The van der Waals surface area contributed by atoms with Gasteiger partial charge in [-0.25, -0.2) is 0 Å². The van der Waals surface area contributed by atoms with Crippen molar-refractivity contribution in [3.8, 4) is 0 Å². The molecule has 0 radical (unpaired) electrons. The summed E-state index contributed by atoms with van der Waals surface area (Å²) in [7, 11) is 0.